The predicted molar refractivity (Wildman–Crippen MR) is 102 cm³/mol. The zero-order valence-electron chi connectivity index (χ0n) is 14.1. The van der Waals surface area contributed by atoms with E-state index in [1.54, 1.807) is 22.7 Å². The Morgan fingerprint density at radius 3 is 2.72 bits per heavy atom. The first-order valence-corrected chi connectivity index (χ1v) is 10.7. The molecule has 0 bridgehead atoms. The van der Waals surface area contributed by atoms with Crippen LogP contribution < -0.4 is 10.6 Å². The van der Waals surface area contributed by atoms with Gasteiger partial charge in [0.25, 0.3) is 5.91 Å². The minimum Gasteiger partial charge on any atom is -0.347 e. The van der Waals surface area contributed by atoms with Crippen molar-refractivity contribution in [3.63, 3.8) is 0 Å². The summed E-state index contributed by atoms with van der Waals surface area (Å²) in [6.45, 7) is 0.539. The molecule has 2 aromatic rings. The second-order valence-electron chi connectivity index (χ2n) is 6.79. The monoisotopic (exact) mass is 374 g/mol. The molecule has 2 aliphatic carbocycles. The first-order valence-electron chi connectivity index (χ1n) is 8.98. The van der Waals surface area contributed by atoms with Crippen molar-refractivity contribution in [3.05, 3.63) is 38.4 Å². The molecule has 2 heterocycles. The van der Waals surface area contributed by atoms with Crippen LogP contribution in [-0.4, -0.2) is 11.8 Å². The summed E-state index contributed by atoms with van der Waals surface area (Å²) in [5.74, 6) is 0.148. The summed E-state index contributed by atoms with van der Waals surface area (Å²) in [7, 11) is 0. The third kappa shape index (κ3) is 3.51. The van der Waals surface area contributed by atoms with E-state index in [1.165, 1.54) is 11.3 Å². The maximum absolute atomic E-state index is 12.9. The summed E-state index contributed by atoms with van der Waals surface area (Å²) in [5, 5.41) is 8.87. The fraction of sp³-hybridized carbons (Fsp3) is 0.474. The number of carbonyl (C=O) groups is 2. The molecular formula is C19H22N2O2S2. The molecule has 0 aromatic carbocycles. The number of amides is 2. The first kappa shape index (κ1) is 16.8. The van der Waals surface area contributed by atoms with E-state index in [0.29, 0.717) is 12.1 Å². The van der Waals surface area contributed by atoms with E-state index in [0.717, 1.165) is 54.0 Å². The number of carbonyl (C=O) groups excluding carboxylic acids is 2. The van der Waals surface area contributed by atoms with Crippen molar-refractivity contribution in [2.24, 2.45) is 5.92 Å². The van der Waals surface area contributed by atoms with Crippen molar-refractivity contribution >= 4 is 39.5 Å². The molecule has 1 fully saturated rings. The number of nitrogens with one attached hydrogen (secondary N) is 2. The van der Waals surface area contributed by atoms with Gasteiger partial charge in [-0.3, -0.25) is 9.59 Å². The van der Waals surface area contributed by atoms with Crippen LogP contribution in [0.3, 0.4) is 0 Å². The van der Waals surface area contributed by atoms with E-state index in [2.05, 4.69) is 10.6 Å². The molecule has 6 heteroatoms. The van der Waals surface area contributed by atoms with Crippen LogP contribution in [0.25, 0.3) is 0 Å². The van der Waals surface area contributed by atoms with Gasteiger partial charge in [0.2, 0.25) is 5.91 Å². The van der Waals surface area contributed by atoms with E-state index >= 15 is 0 Å². The minimum absolute atomic E-state index is 0.0586. The highest BCUT2D eigenvalue weighted by Gasteiger charge is 2.30. The van der Waals surface area contributed by atoms with E-state index < -0.39 is 0 Å². The van der Waals surface area contributed by atoms with E-state index in [-0.39, 0.29) is 17.7 Å². The molecule has 0 aliphatic heterocycles. The van der Waals surface area contributed by atoms with Crippen LogP contribution in [0.4, 0.5) is 5.00 Å². The number of anilines is 1. The van der Waals surface area contributed by atoms with Gasteiger partial charge in [0.15, 0.2) is 0 Å². The standard InChI is InChI=1S/C19H22N2O2S2/c22-17(12-5-3-6-12)21-19-16(14-8-1-2-9-15(14)25-19)18(23)20-11-13-7-4-10-24-13/h4,7,10,12H,1-3,5-6,8-9,11H2,(H,20,23)(H,21,22). The summed E-state index contributed by atoms with van der Waals surface area (Å²) in [4.78, 5) is 27.7. The largest absolute Gasteiger partial charge is 0.347 e. The van der Waals surface area contributed by atoms with Crippen molar-refractivity contribution in [3.8, 4) is 0 Å². The van der Waals surface area contributed by atoms with Gasteiger partial charge in [-0.15, -0.1) is 22.7 Å². The number of hydrogen-bond donors (Lipinski definition) is 2. The third-order valence-corrected chi connectivity index (χ3v) is 7.20. The van der Waals surface area contributed by atoms with E-state index in [9.17, 15) is 9.59 Å². The normalized spacial score (nSPS) is 16.8. The van der Waals surface area contributed by atoms with Crippen LogP contribution in [-0.2, 0) is 24.2 Å². The van der Waals surface area contributed by atoms with Gasteiger partial charge in [0.05, 0.1) is 12.1 Å². The molecule has 2 aromatic heterocycles. The average Bonchev–Trinajstić information content (AvgIpc) is 3.18. The predicted octanol–water partition coefficient (Wildman–Crippen LogP) is 4.36. The van der Waals surface area contributed by atoms with Gasteiger partial charge in [-0.25, -0.2) is 0 Å². The molecule has 1 saturated carbocycles. The summed E-state index contributed by atoms with van der Waals surface area (Å²) < 4.78 is 0. The van der Waals surface area contributed by atoms with Gasteiger partial charge in [-0.2, -0.15) is 0 Å². The summed E-state index contributed by atoms with van der Waals surface area (Å²) >= 11 is 3.24. The van der Waals surface area contributed by atoms with Crippen molar-refractivity contribution in [1.82, 2.24) is 5.32 Å². The van der Waals surface area contributed by atoms with Crippen LogP contribution in [0, 0.1) is 5.92 Å². The highest BCUT2D eigenvalue weighted by molar-refractivity contribution is 7.17. The lowest BCUT2D eigenvalue weighted by molar-refractivity contribution is -0.122. The molecule has 132 valence electrons. The number of thiophene rings is 2. The Kier molecular flexibility index (Phi) is 4.90. The lowest BCUT2D eigenvalue weighted by Crippen LogP contribution is -2.29. The van der Waals surface area contributed by atoms with Gasteiger partial charge in [0, 0.05) is 15.7 Å². The molecule has 2 aliphatic rings. The highest BCUT2D eigenvalue weighted by Crippen LogP contribution is 2.39. The Labute approximate surface area is 155 Å². The van der Waals surface area contributed by atoms with Gasteiger partial charge in [-0.05, 0) is 55.5 Å². The number of fused-ring (bicyclic) bond motifs is 1. The molecule has 0 atom stereocenters. The molecule has 2 amide bonds. The second-order valence-corrected chi connectivity index (χ2v) is 8.93. The Morgan fingerprint density at radius 1 is 1.16 bits per heavy atom. The minimum atomic E-state index is -0.0586. The van der Waals surface area contributed by atoms with Gasteiger partial charge < -0.3 is 10.6 Å². The van der Waals surface area contributed by atoms with E-state index in [1.807, 2.05) is 17.5 Å². The lowest BCUT2D eigenvalue weighted by Gasteiger charge is -2.24. The van der Waals surface area contributed by atoms with Gasteiger partial charge in [0.1, 0.15) is 5.00 Å². The molecule has 0 radical (unpaired) electrons. The average molecular weight is 375 g/mol. The zero-order chi connectivity index (χ0) is 17.2. The summed E-state index contributed by atoms with van der Waals surface area (Å²) in [5.41, 5.74) is 1.87. The Bertz CT molecular complexity index is 776. The summed E-state index contributed by atoms with van der Waals surface area (Å²) in [6, 6.07) is 4.01. The Hall–Kier alpha value is -1.66. The van der Waals surface area contributed by atoms with Gasteiger partial charge in [-0.1, -0.05) is 12.5 Å². The first-order chi connectivity index (χ1) is 12.2. The molecule has 25 heavy (non-hydrogen) atoms. The molecular weight excluding hydrogens is 352 g/mol. The van der Waals surface area contributed by atoms with Crippen molar-refractivity contribution in [2.75, 3.05) is 5.32 Å². The van der Waals surface area contributed by atoms with Crippen molar-refractivity contribution in [1.29, 1.82) is 0 Å². The quantitative estimate of drug-likeness (QED) is 0.817. The fourth-order valence-electron chi connectivity index (χ4n) is 3.45. The van der Waals surface area contributed by atoms with Crippen molar-refractivity contribution < 1.29 is 9.59 Å². The molecule has 0 unspecified atom stereocenters. The van der Waals surface area contributed by atoms with Crippen LogP contribution in [0.15, 0.2) is 17.5 Å². The van der Waals surface area contributed by atoms with Crippen LogP contribution in [0.2, 0.25) is 0 Å². The number of rotatable bonds is 5. The van der Waals surface area contributed by atoms with Crippen LogP contribution >= 0.6 is 22.7 Å². The molecule has 4 nitrogen and oxygen atoms in total. The Balaban J connectivity index is 1.56. The smallest absolute Gasteiger partial charge is 0.254 e. The SMILES string of the molecule is O=C(NCc1cccs1)c1c(NC(=O)C2CCC2)sc2c1CCCC2. The summed E-state index contributed by atoms with van der Waals surface area (Å²) in [6.07, 6.45) is 7.31. The van der Waals surface area contributed by atoms with Crippen LogP contribution in [0.1, 0.15) is 57.8 Å². The maximum atomic E-state index is 12.9. The fourth-order valence-corrected chi connectivity index (χ4v) is 5.38. The molecule has 0 saturated heterocycles. The maximum Gasteiger partial charge on any atom is 0.254 e. The Morgan fingerprint density at radius 2 is 2.00 bits per heavy atom. The van der Waals surface area contributed by atoms with Gasteiger partial charge >= 0.3 is 0 Å². The highest BCUT2D eigenvalue weighted by atomic mass is 32.1. The topological polar surface area (TPSA) is 58.2 Å². The zero-order valence-corrected chi connectivity index (χ0v) is 15.7. The van der Waals surface area contributed by atoms with Crippen LogP contribution in [0.5, 0.6) is 0 Å². The lowest BCUT2D eigenvalue weighted by atomic mass is 9.85. The number of hydrogen-bond acceptors (Lipinski definition) is 4. The molecule has 2 N–H and O–H groups in total. The van der Waals surface area contributed by atoms with Crippen molar-refractivity contribution in [2.45, 2.75) is 51.5 Å². The second kappa shape index (κ2) is 7.30. The number of aryl methyl sites for hydroxylation is 1. The molecule has 4 rings (SSSR count). The molecule has 0 spiro atoms. The van der Waals surface area contributed by atoms with E-state index in [4.69, 9.17) is 0 Å². The third-order valence-electron chi connectivity index (χ3n) is 5.11.